The van der Waals surface area contributed by atoms with Gasteiger partial charge in [-0.2, -0.15) is 17.9 Å². The Labute approximate surface area is 196 Å². The molecule has 1 fully saturated rings. The molecule has 1 saturated heterocycles. The average molecular weight is 488 g/mol. The smallest absolute Gasteiger partial charge is 0.378 e. The molecule has 9 nitrogen and oxygen atoms in total. The van der Waals surface area contributed by atoms with Crippen molar-refractivity contribution >= 4 is 17.7 Å². The summed E-state index contributed by atoms with van der Waals surface area (Å²) in [5, 5.41) is 21.2. The number of ether oxygens (including phenoxy) is 1. The second kappa shape index (κ2) is 9.43. The Balaban J connectivity index is 1.40. The van der Waals surface area contributed by atoms with Crippen molar-refractivity contribution in [1.29, 1.82) is 0 Å². The second-order valence-electron chi connectivity index (χ2n) is 7.39. The van der Waals surface area contributed by atoms with Gasteiger partial charge in [0.05, 0.1) is 35.9 Å². The summed E-state index contributed by atoms with van der Waals surface area (Å²) in [5.41, 5.74) is 0.623. The lowest BCUT2D eigenvalue weighted by Crippen LogP contribution is -2.37. The van der Waals surface area contributed by atoms with E-state index in [1.807, 2.05) is 34.9 Å². The van der Waals surface area contributed by atoms with Crippen LogP contribution in [0, 0.1) is 0 Å². The van der Waals surface area contributed by atoms with Crippen molar-refractivity contribution < 1.29 is 17.9 Å². The number of hydrogen-bond donors (Lipinski definition) is 0. The van der Waals surface area contributed by atoms with Crippen LogP contribution >= 0.6 is 11.8 Å². The zero-order valence-corrected chi connectivity index (χ0v) is 18.6. The number of benzene rings is 2. The highest BCUT2D eigenvalue weighted by Crippen LogP contribution is 2.31. The van der Waals surface area contributed by atoms with E-state index in [4.69, 9.17) is 4.74 Å². The summed E-state index contributed by atoms with van der Waals surface area (Å²) >= 11 is 1.39. The van der Waals surface area contributed by atoms with Crippen LogP contribution in [-0.4, -0.2) is 61.3 Å². The molecule has 2 aromatic heterocycles. The van der Waals surface area contributed by atoms with Crippen LogP contribution < -0.4 is 4.90 Å². The Hall–Kier alpha value is -3.45. The molecule has 3 heterocycles. The maximum absolute atomic E-state index is 12.9. The molecular formula is C21H19F3N8OS. The molecule has 176 valence electrons. The summed E-state index contributed by atoms with van der Waals surface area (Å²) in [7, 11) is 0. The van der Waals surface area contributed by atoms with E-state index in [0.29, 0.717) is 48.7 Å². The number of nitrogens with zero attached hydrogens (tertiary/aromatic N) is 8. The van der Waals surface area contributed by atoms with Gasteiger partial charge in [0.1, 0.15) is 0 Å². The van der Waals surface area contributed by atoms with E-state index in [1.54, 1.807) is 0 Å². The Morgan fingerprint density at radius 2 is 1.62 bits per heavy atom. The summed E-state index contributed by atoms with van der Waals surface area (Å²) in [6.07, 6.45) is -4.41. The monoisotopic (exact) mass is 488 g/mol. The van der Waals surface area contributed by atoms with Crippen LogP contribution in [-0.2, 0) is 16.7 Å². The van der Waals surface area contributed by atoms with E-state index in [-0.39, 0.29) is 0 Å². The molecular weight excluding hydrogens is 469 g/mol. The van der Waals surface area contributed by atoms with Gasteiger partial charge in [-0.1, -0.05) is 30.0 Å². The van der Waals surface area contributed by atoms with Gasteiger partial charge in [-0.05, 0) is 46.8 Å². The molecule has 1 aliphatic heterocycles. The minimum absolute atomic E-state index is 0.335. The Bertz CT molecular complexity index is 1240. The van der Waals surface area contributed by atoms with Crippen LogP contribution in [0.15, 0.2) is 59.8 Å². The van der Waals surface area contributed by atoms with Crippen molar-refractivity contribution in [2.24, 2.45) is 0 Å². The van der Waals surface area contributed by atoms with Crippen LogP contribution in [0.3, 0.4) is 0 Å². The second-order valence-corrected chi connectivity index (χ2v) is 8.34. The van der Waals surface area contributed by atoms with Crippen molar-refractivity contribution in [1.82, 2.24) is 35.0 Å². The fourth-order valence-electron chi connectivity index (χ4n) is 3.54. The van der Waals surface area contributed by atoms with Gasteiger partial charge < -0.3 is 9.64 Å². The third-order valence-electron chi connectivity index (χ3n) is 5.23. The number of anilines is 1. The Morgan fingerprint density at radius 1 is 0.882 bits per heavy atom. The third kappa shape index (κ3) is 4.61. The maximum atomic E-state index is 12.9. The van der Waals surface area contributed by atoms with Gasteiger partial charge in [-0.15, -0.1) is 15.3 Å². The first-order valence-corrected chi connectivity index (χ1v) is 11.4. The molecule has 0 N–H and O–H groups in total. The molecule has 0 saturated carbocycles. The largest absolute Gasteiger partial charge is 0.416 e. The number of alkyl halides is 3. The molecule has 13 heteroatoms. The minimum Gasteiger partial charge on any atom is -0.378 e. The minimum atomic E-state index is -4.41. The van der Waals surface area contributed by atoms with Crippen LogP contribution in [0.4, 0.5) is 19.1 Å². The SMILES string of the molecule is FC(F)(F)c1ccc(-n2nnnc2CSc2nnc(N3CCOCC3)n2-c2ccccc2)cc1. The van der Waals surface area contributed by atoms with Crippen molar-refractivity contribution in [2.75, 3.05) is 31.2 Å². The third-order valence-corrected chi connectivity index (χ3v) is 6.15. The van der Waals surface area contributed by atoms with Gasteiger partial charge in [0.25, 0.3) is 0 Å². The molecule has 0 radical (unpaired) electrons. The van der Waals surface area contributed by atoms with Gasteiger partial charge in [-0.3, -0.25) is 4.57 Å². The maximum Gasteiger partial charge on any atom is 0.416 e. The van der Waals surface area contributed by atoms with E-state index >= 15 is 0 Å². The first-order valence-electron chi connectivity index (χ1n) is 10.4. The first-order chi connectivity index (χ1) is 16.5. The molecule has 2 aromatic carbocycles. The highest BCUT2D eigenvalue weighted by atomic mass is 32.2. The molecule has 5 rings (SSSR count). The molecule has 0 atom stereocenters. The predicted molar refractivity (Wildman–Crippen MR) is 118 cm³/mol. The van der Waals surface area contributed by atoms with E-state index in [2.05, 4.69) is 30.6 Å². The normalized spacial score (nSPS) is 14.5. The predicted octanol–water partition coefficient (Wildman–Crippen LogP) is 3.39. The van der Waals surface area contributed by atoms with Crippen molar-refractivity contribution in [3.8, 4) is 11.4 Å². The van der Waals surface area contributed by atoms with E-state index < -0.39 is 11.7 Å². The van der Waals surface area contributed by atoms with Gasteiger partial charge in [-0.25, -0.2) is 0 Å². The van der Waals surface area contributed by atoms with E-state index in [0.717, 1.165) is 23.8 Å². The summed E-state index contributed by atoms with van der Waals surface area (Å²) in [5.74, 6) is 1.53. The number of para-hydroxylation sites is 1. The number of tetrazole rings is 1. The fourth-order valence-corrected chi connectivity index (χ4v) is 4.40. The molecule has 0 spiro atoms. The Kier molecular flexibility index (Phi) is 6.20. The summed E-state index contributed by atoms with van der Waals surface area (Å²) < 4.78 is 47.5. The molecule has 0 amide bonds. The van der Waals surface area contributed by atoms with Crippen molar-refractivity contribution in [3.63, 3.8) is 0 Å². The topological polar surface area (TPSA) is 86.8 Å². The molecule has 0 unspecified atom stereocenters. The number of morpholine rings is 1. The van der Waals surface area contributed by atoms with Crippen LogP contribution in [0.5, 0.6) is 0 Å². The highest BCUT2D eigenvalue weighted by Gasteiger charge is 2.30. The first kappa shape index (κ1) is 22.3. The van der Waals surface area contributed by atoms with Crippen molar-refractivity contribution in [2.45, 2.75) is 17.1 Å². The molecule has 0 aliphatic carbocycles. The van der Waals surface area contributed by atoms with Crippen molar-refractivity contribution in [3.05, 3.63) is 66.0 Å². The zero-order chi connectivity index (χ0) is 23.5. The number of halogens is 3. The van der Waals surface area contributed by atoms with Gasteiger partial charge in [0.15, 0.2) is 11.0 Å². The van der Waals surface area contributed by atoms with E-state index in [1.165, 1.54) is 28.6 Å². The lowest BCUT2D eigenvalue weighted by atomic mass is 10.2. The molecule has 1 aliphatic rings. The van der Waals surface area contributed by atoms with Gasteiger partial charge in [0, 0.05) is 13.1 Å². The highest BCUT2D eigenvalue weighted by molar-refractivity contribution is 7.98. The van der Waals surface area contributed by atoms with Gasteiger partial charge in [0.2, 0.25) is 5.95 Å². The average Bonchev–Trinajstić information content (AvgIpc) is 3.50. The summed E-state index contributed by atoms with van der Waals surface area (Å²) in [6, 6.07) is 14.5. The number of rotatable bonds is 6. The zero-order valence-electron chi connectivity index (χ0n) is 17.8. The lowest BCUT2D eigenvalue weighted by molar-refractivity contribution is -0.137. The van der Waals surface area contributed by atoms with E-state index in [9.17, 15) is 13.2 Å². The number of thioether (sulfide) groups is 1. The number of aromatic nitrogens is 7. The molecule has 34 heavy (non-hydrogen) atoms. The van der Waals surface area contributed by atoms with Gasteiger partial charge >= 0.3 is 6.18 Å². The van der Waals surface area contributed by atoms with Crippen LogP contribution in [0.2, 0.25) is 0 Å². The molecule has 0 bridgehead atoms. The van der Waals surface area contributed by atoms with Crippen LogP contribution in [0.1, 0.15) is 11.4 Å². The quantitative estimate of drug-likeness (QED) is 0.382. The lowest BCUT2D eigenvalue weighted by Gasteiger charge is -2.27. The summed E-state index contributed by atoms with van der Waals surface area (Å²) in [4.78, 5) is 2.12. The fraction of sp³-hybridized carbons (Fsp3) is 0.286. The standard InChI is InChI=1S/C21H19F3N8OS/c22-21(23,24)15-6-8-17(9-7-15)32-18(25-28-29-32)14-34-20-27-26-19(30-10-12-33-13-11-30)31(20)16-4-2-1-3-5-16/h1-9H,10-14H2. The molecule has 4 aromatic rings. The number of hydrogen-bond acceptors (Lipinski definition) is 8. The van der Waals surface area contributed by atoms with Crippen LogP contribution in [0.25, 0.3) is 11.4 Å². The summed E-state index contributed by atoms with van der Waals surface area (Å²) in [6.45, 7) is 2.65. The Morgan fingerprint density at radius 3 is 2.32 bits per heavy atom.